The molecule has 1 aliphatic heterocycles. The van der Waals surface area contributed by atoms with Gasteiger partial charge < -0.3 is 5.32 Å². The SMILES string of the molecule is O=C1CN(S(=O)(=O)Cc2cccc(F)c2)c2ccc(C(F)(F)F)cc2N1. The number of carbonyl (C=O) groups is 1. The molecule has 1 aliphatic rings. The van der Waals surface area contributed by atoms with Crippen molar-refractivity contribution in [3.63, 3.8) is 0 Å². The third-order valence-electron chi connectivity index (χ3n) is 3.73. The number of halogens is 4. The highest BCUT2D eigenvalue weighted by Crippen LogP contribution is 2.38. The van der Waals surface area contributed by atoms with E-state index in [4.69, 9.17) is 0 Å². The van der Waals surface area contributed by atoms with Crippen molar-refractivity contribution in [2.75, 3.05) is 16.2 Å². The zero-order valence-electron chi connectivity index (χ0n) is 13.0. The molecule has 0 fully saturated rings. The first kappa shape index (κ1) is 18.2. The molecule has 138 valence electrons. The van der Waals surface area contributed by atoms with E-state index in [0.717, 1.165) is 28.6 Å². The lowest BCUT2D eigenvalue weighted by Crippen LogP contribution is -2.42. The van der Waals surface area contributed by atoms with Crippen LogP contribution in [0.4, 0.5) is 28.9 Å². The highest BCUT2D eigenvalue weighted by molar-refractivity contribution is 7.92. The summed E-state index contributed by atoms with van der Waals surface area (Å²) in [6.45, 7) is -0.573. The number of sulfonamides is 1. The second-order valence-corrected chi connectivity index (χ2v) is 7.56. The van der Waals surface area contributed by atoms with E-state index in [2.05, 4.69) is 5.32 Å². The lowest BCUT2D eigenvalue weighted by atomic mass is 10.1. The Morgan fingerprint density at radius 3 is 2.50 bits per heavy atom. The summed E-state index contributed by atoms with van der Waals surface area (Å²) in [5, 5.41) is 2.24. The number of carbonyl (C=O) groups excluding carboxylic acids is 1. The van der Waals surface area contributed by atoms with Crippen molar-refractivity contribution in [3.05, 3.63) is 59.4 Å². The maximum Gasteiger partial charge on any atom is 0.416 e. The van der Waals surface area contributed by atoms with Crippen LogP contribution in [0.5, 0.6) is 0 Å². The van der Waals surface area contributed by atoms with Crippen molar-refractivity contribution in [1.82, 2.24) is 0 Å². The van der Waals surface area contributed by atoms with E-state index in [0.29, 0.717) is 6.07 Å². The van der Waals surface area contributed by atoms with E-state index in [-0.39, 0.29) is 16.9 Å². The Bertz CT molecular complexity index is 974. The van der Waals surface area contributed by atoms with E-state index in [9.17, 15) is 30.8 Å². The van der Waals surface area contributed by atoms with Gasteiger partial charge in [0.25, 0.3) is 0 Å². The summed E-state index contributed by atoms with van der Waals surface area (Å²) < 4.78 is 77.8. The summed E-state index contributed by atoms with van der Waals surface area (Å²) in [7, 11) is -4.12. The summed E-state index contributed by atoms with van der Waals surface area (Å²) in [6.07, 6.45) is -4.64. The number of hydrogen-bond donors (Lipinski definition) is 1. The number of amides is 1. The normalized spacial score (nSPS) is 14.8. The van der Waals surface area contributed by atoms with Crippen LogP contribution >= 0.6 is 0 Å². The second-order valence-electron chi connectivity index (χ2n) is 5.67. The van der Waals surface area contributed by atoms with Crippen molar-refractivity contribution in [3.8, 4) is 0 Å². The molecular formula is C16H12F4N2O3S. The van der Waals surface area contributed by atoms with Crippen LogP contribution in [0.1, 0.15) is 11.1 Å². The van der Waals surface area contributed by atoms with E-state index in [1.807, 2.05) is 0 Å². The van der Waals surface area contributed by atoms with Gasteiger partial charge in [0.15, 0.2) is 0 Å². The molecule has 0 spiro atoms. The van der Waals surface area contributed by atoms with E-state index in [1.54, 1.807) is 0 Å². The van der Waals surface area contributed by atoms with Gasteiger partial charge in [-0.1, -0.05) is 12.1 Å². The van der Waals surface area contributed by atoms with Gasteiger partial charge in [0.1, 0.15) is 12.4 Å². The molecule has 0 atom stereocenters. The Morgan fingerprint density at radius 2 is 1.85 bits per heavy atom. The standard InChI is InChI=1S/C16H12F4N2O3S/c17-12-3-1-2-10(6-12)9-26(24,25)22-8-15(23)21-13-7-11(16(18,19)20)4-5-14(13)22/h1-7H,8-9H2,(H,21,23). The van der Waals surface area contributed by atoms with Gasteiger partial charge >= 0.3 is 6.18 Å². The van der Waals surface area contributed by atoms with Crippen LogP contribution in [-0.2, 0) is 26.7 Å². The molecule has 0 saturated heterocycles. The van der Waals surface area contributed by atoms with Crippen molar-refractivity contribution in [2.24, 2.45) is 0 Å². The van der Waals surface area contributed by atoms with Gasteiger partial charge in [-0.3, -0.25) is 9.10 Å². The number of hydrogen-bond acceptors (Lipinski definition) is 3. The quantitative estimate of drug-likeness (QED) is 0.822. The van der Waals surface area contributed by atoms with Crippen LogP contribution in [0.15, 0.2) is 42.5 Å². The number of rotatable bonds is 3. The third kappa shape index (κ3) is 3.64. The molecule has 0 saturated carbocycles. The number of nitrogens with zero attached hydrogens (tertiary/aromatic N) is 1. The highest BCUT2D eigenvalue weighted by Gasteiger charge is 2.35. The Balaban J connectivity index is 2.00. The molecule has 1 heterocycles. The van der Waals surface area contributed by atoms with Crippen LogP contribution < -0.4 is 9.62 Å². The van der Waals surface area contributed by atoms with Crippen molar-refractivity contribution in [1.29, 1.82) is 0 Å². The average molecular weight is 388 g/mol. The first-order chi connectivity index (χ1) is 12.1. The molecule has 3 rings (SSSR count). The van der Waals surface area contributed by atoms with Crippen LogP contribution in [0, 0.1) is 5.82 Å². The summed E-state index contributed by atoms with van der Waals surface area (Å²) in [5.41, 5.74) is -1.18. The fourth-order valence-electron chi connectivity index (χ4n) is 2.60. The van der Waals surface area contributed by atoms with E-state index < -0.39 is 45.8 Å². The van der Waals surface area contributed by atoms with Gasteiger partial charge in [-0.2, -0.15) is 13.2 Å². The molecule has 0 aliphatic carbocycles. The highest BCUT2D eigenvalue weighted by atomic mass is 32.2. The van der Waals surface area contributed by atoms with Gasteiger partial charge in [0, 0.05) is 0 Å². The van der Waals surface area contributed by atoms with Gasteiger partial charge in [-0.25, -0.2) is 12.8 Å². The predicted octanol–water partition coefficient (Wildman–Crippen LogP) is 3.13. The summed E-state index contributed by atoms with van der Waals surface area (Å²) >= 11 is 0. The molecule has 10 heteroatoms. The van der Waals surface area contributed by atoms with Gasteiger partial charge in [0.05, 0.1) is 22.7 Å². The van der Waals surface area contributed by atoms with Crippen LogP contribution in [0.3, 0.4) is 0 Å². The van der Waals surface area contributed by atoms with Crippen LogP contribution in [-0.4, -0.2) is 20.9 Å². The number of benzene rings is 2. The van der Waals surface area contributed by atoms with Crippen LogP contribution in [0.2, 0.25) is 0 Å². The largest absolute Gasteiger partial charge is 0.416 e. The minimum Gasteiger partial charge on any atom is -0.323 e. The zero-order valence-corrected chi connectivity index (χ0v) is 13.9. The number of anilines is 2. The summed E-state index contributed by atoms with van der Waals surface area (Å²) in [4.78, 5) is 11.8. The lowest BCUT2D eigenvalue weighted by molar-refractivity contribution is -0.137. The molecule has 5 nitrogen and oxygen atoms in total. The molecule has 0 bridgehead atoms. The van der Waals surface area contributed by atoms with E-state index in [1.165, 1.54) is 12.1 Å². The Labute approximate surface area is 146 Å². The Kier molecular flexibility index (Phi) is 4.39. The minimum absolute atomic E-state index is 0.0750. The maximum atomic E-state index is 13.3. The number of nitrogens with one attached hydrogen (secondary N) is 1. The topological polar surface area (TPSA) is 66.5 Å². The molecule has 2 aromatic rings. The zero-order chi connectivity index (χ0) is 19.1. The monoisotopic (exact) mass is 388 g/mol. The van der Waals surface area contributed by atoms with Crippen LogP contribution in [0.25, 0.3) is 0 Å². The molecule has 0 aromatic heterocycles. The number of fused-ring (bicyclic) bond motifs is 1. The fraction of sp³-hybridized carbons (Fsp3) is 0.188. The fourth-order valence-corrected chi connectivity index (χ4v) is 4.13. The molecular weight excluding hydrogens is 376 g/mol. The van der Waals surface area contributed by atoms with Crippen molar-refractivity contribution < 1.29 is 30.8 Å². The summed E-state index contributed by atoms with van der Waals surface area (Å²) in [5.74, 6) is -1.98. The maximum absolute atomic E-state index is 13.3. The van der Waals surface area contributed by atoms with Crippen molar-refractivity contribution >= 4 is 27.3 Å². The minimum atomic E-state index is -4.64. The predicted molar refractivity (Wildman–Crippen MR) is 86.4 cm³/mol. The lowest BCUT2D eigenvalue weighted by Gasteiger charge is -2.30. The molecule has 0 unspecified atom stereocenters. The number of alkyl halides is 3. The Hall–Kier alpha value is -2.62. The van der Waals surface area contributed by atoms with Gasteiger partial charge in [0.2, 0.25) is 15.9 Å². The Morgan fingerprint density at radius 1 is 1.12 bits per heavy atom. The third-order valence-corrected chi connectivity index (χ3v) is 5.42. The average Bonchev–Trinajstić information content (AvgIpc) is 2.52. The summed E-state index contributed by atoms with van der Waals surface area (Å²) in [6, 6.07) is 7.33. The smallest absolute Gasteiger partial charge is 0.323 e. The molecule has 0 radical (unpaired) electrons. The van der Waals surface area contributed by atoms with Gasteiger partial charge in [-0.15, -0.1) is 0 Å². The first-order valence-corrected chi connectivity index (χ1v) is 8.93. The molecule has 2 aromatic carbocycles. The molecule has 1 N–H and O–H groups in total. The van der Waals surface area contributed by atoms with Crippen molar-refractivity contribution in [2.45, 2.75) is 11.9 Å². The second kappa shape index (κ2) is 6.27. The van der Waals surface area contributed by atoms with Gasteiger partial charge in [-0.05, 0) is 35.9 Å². The molecule has 26 heavy (non-hydrogen) atoms. The van der Waals surface area contributed by atoms with E-state index >= 15 is 0 Å². The molecule has 1 amide bonds. The first-order valence-electron chi connectivity index (χ1n) is 7.32.